The van der Waals surface area contributed by atoms with Gasteiger partial charge in [0.25, 0.3) is 0 Å². The summed E-state index contributed by atoms with van der Waals surface area (Å²) in [6, 6.07) is 0.0625. The summed E-state index contributed by atoms with van der Waals surface area (Å²) in [5.74, 6) is 0.0122. The maximum Gasteiger partial charge on any atom is 0.232 e. The lowest BCUT2D eigenvalue weighted by Crippen LogP contribution is -2.47. The van der Waals surface area contributed by atoms with Crippen molar-refractivity contribution < 1.29 is 9.59 Å². The number of rotatable bonds is 3. The second-order valence-corrected chi connectivity index (χ2v) is 4.17. The van der Waals surface area contributed by atoms with Gasteiger partial charge in [0, 0.05) is 19.6 Å². The van der Waals surface area contributed by atoms with Crippen LogP contribution >= 0.6 is 0 Å². The van der Waals surface area contributed by atoms with Crippen LogP contribution in [0.3, 0.4) is 0 Å². The van der Waals surface area contributed by atoms with E-state index in [0.717, 1.165) is 0 Å². The van der Waals surface area contributed by atoms with Gasteiger partial charge in [-0.2, -0.15) is 0 Å². The first kappa shape index (κ1) is 12.0. The highest BCUT2D eigenvalue weighted by molar-refractivity contribution is 5.97. The zero-order valence-corrected chi connectivity index (χ0v) is 9.32. The van der Waals surface area contributed by atoms with Crippen LogP contribution in [0.5, 0.6) is 0 Å². The van der Waals surface area contributed by atoms with Gasteiger partial charge in [-0.3, -0.25) is 9.59 Å². The molecule has 1 rings (SSSR count). The van der Waals surface area contributed by atoms with E-state index in [1.165, 1.54) is 0 Å². The van der Waals surface area contributed by atoms with Gasteiger partial charge < -0.3 is 16.0 Å². The van der Waals surface area contributed by atoms with Gasteiger partial charge in [-0.15, -0.1) is 0 Å². The van der Waals surface area contributed by atoms with E-state index in [2.05, 4.69) is 5.32 Å². The van der Waals surface area contributed by atoms with Crippen LogP contribution in [-0.2, 0) is 9.59 Å². The smallest absolute Gasteiger partial charge is 0.232 e. The molecule has 0 bridgehead atoms. The molecule has 86 valence electrons. The van der Waals surface area contributed by atoms with E-state index < -0.39 is 0 Å². The molecule has 0 saturated carbocycles. The molecule has 1 saturated heterocycles. The molecule has 0 aromatic carbocycles. The molecule has 0 radical (unpaired) electrons. The van der Waals surface area contributed by atoms with E-state index in [4.69, 9.17) is 5.73 Å². The van der Waals surface area contributed by atoms with Crippen molar-refractivity contribution in [2.75, 3.05) is 19.6 Å². The molecule has 3 N–H and O–H groups in total. The lowest BCUT2D eigenvalue weighted by molar-refractivity contribution is -0.136. The van der Waals surface area contributed by atoms with Crippen molar-refractivity contribution >= 4 is 11.8 Å². The molecule has 2 amide bonds. The number of carbonyl (C=O) groups excluding carboxylic acids is 2. The molecule has 1 atom stereocenters. The number of hydrogen-bond donors (Lipinski definition) is 2. The second-order valence-electron chi connectivity index (χ2n) is 4.17. The quantitative estimate of drug-likeness (QED) is 0.610. The molecule has 1 aliphatic heterocycles. The zero-order chi connectivity index (χ0) is 11.4. The number of nitrogens with zero attached hydrogens (tertiary/aromatic N) is 1. The fourth-order valence-electron chi connectivity index (χ4n) is 1.84. The van der Waals surface area contributed by atoms with Crippen molar-refractivity contribution in [3.05, 3.63) is 0 Å². The van der Waals surface area contributed by atoms with Crippen molar-refractivity contribution in [3.63, 3.8) is 0 Å². The number of carbonyl (C=O) groups is 2. The van der Waals surface area contributed by atoms with E-state index in [0.29, 0.717) is 25.6 Å². The molecule has 5 heteroatoms. The van der Waals surface area contributed by atoms with Crippen molar-refractivity contribution in [1.82, 2.24) is 10.2 Å². The molecule has 0 aromatic rings. The lowest BCUT2D eigenvalue weighted by Gasteiger charge is -2.32. The highest BCUT2D eigenvalue weighted by atomic mass is 16.2. The molecule has 1 unspecified atom stereocenters. The molecule has 0 aromatic heterocycles. The molecule has 1 heterocycles. The average molecular weight is 213 g/mol. The Morgan fingerprint density at radius 3 is 2.73 bits per heavy atom. The average Bonchev–Trinajstić information content (AvgIpc) is 2.27. The first-order chi connectivity index (χ1) is 7.06. The molecule has 15 heavy (non-hydrogen) atoms. The molecule has 0 aliphatic carbocycles. The molecular weight excluding hydrogens is 194 g/mol. The highest BCUT2D eigenvalue weighted by Gasteiger charge is 2.30. The van der Waals surface area contributed by atoms with Crippen LogP contribution < -0.4 is 11.1 Å². The number of nitrogens with two attached hydrogens (primary N) is 1. The Bertz CT molecular complexity index is 253. The topological polar surface area (TPSA) is 75.4 Å². The van der Waals surface area contributed by atoms with Crippen LogP contribution in [0.4, 0.5) is 0 Å². The lowest BCUT2D eigenvalue weighted by atomic mass is 10.0. The molecule has 1 fully saturated rings. The van der Waals surface area contributed by atoms with E-state index in [1.807, 2.05) is 13.8 Å². The summed E-state index contributed by atoms with van der Waals surface area (Å²) in [7, 11) is 0. The van der Waals surface area contributed by atoms with Gasteiger partial charge in [0.1, 0.15) is 6.42 Å². The van der Waals surface area contributed by atoms with E-state index in [9.17, 15) is 9.59 Å². The number of nitrogens with one attached hydrogen (secondary N) is 1. The molecule has 1 aliphatic rings. The van der Waals surface area contributed by atoms with E-state index in [-0.39, 0.29) is 24.3 Å². The first-order valence-corrected chi connectivity index (χ1v) is 5.32. The van der Waals surface area contributed by atoms with Gasteiger partial charge in [-0.1, -0.05) is 13.8 Å². The van der Waals surface area contributed by atoms with Crippen molar-refractivity contribution in [2.24, 2.45) is 11.7 Å². The largest absolute Gasteiger partial charge is 0.354 e. The van der Waals surface area contributed by atoms with Crippen LogP contribution in [0.25, 0.3) is 0 Å². The predicted molar refractivity (Wildman–Crippen MR) is 57.0 cm³/mol. The van der Waals surface area contributed by atoms with Gasteiger partial charge in [0.05, 0.1) is 6.04 Å². The van der Waals surface area contributed by atoms with Crippen molar-refractivity contribution in [2.45, 2.75) is 26.3 Å². The van der Waals surface area contributed by atoms with Gasteiger partial charge in [0.15, 0.2) is 0 Å². The Labute approximate surface area is 90.0 Å². The molecule has 5 nitrogen and oxygen atoms in total. The summed E-state index contributed by atoms with van der Waals surface area (Å²) in [6.07, 6.45) is -0.0524. The van der Waals surface area contributed by atoms with Crippen LogP contribution in [0.2, 0.25) is 0 Å². The third kappa shape index (κ3) is 2.92. The summed E-state index contributed by atoms with van der Waals surface area (Å²) in [5.41, 5.74) is 5.47. The van der Waals surface area contributed by atoms with Crippen molar-refractivity contribution in [3.8, 4) is 0 Å². The minimum absolute atomic E-state index is 0.0524. The summed E-state index contributed by atoms with van der Waals surface area (Å²) in [4.78, 5) is 24.7. The van der Waals surface area contributed by atoms with Crippen molar-refractivity contribution in [1.29, 1.82) is 0 Å². The van der Waals surface area contributed by atoms with Gasteiger partial charge >= 0.3 is 0 Å². The highest BCUT2D eigenvalue weighted by Crippen LogP contribution is 2.13. The summed E-state index contributed by atoms with van der Waals surface area (Å²) >= 11 is 0. The second kappa shape index (κ2) is 5.11. The van der Waals surface area contributed by atoms with Gasteiger partial charge in [-0.25, -0.2) is 0 Å². The third-order valence-corrected chi connectivity index (χ3v) is 2.68. The number of hydrogen-bond acceptors (Lipinski definition) is 3. The van der Waals surface area contributed by atoms with E-state index >= 15 is 0 Å². The fourth-order valence-corrected chi connectivity index (χ4v) is 1.84. The normalized spacial score (nSPS) is 22.9. The van der Waals surface area contributed by atoms with E-state index in [1.54, 1.807) is 4.90 Å². The minimum Gasteiger partial charge on any atom is -0.354 e. The Morgan fingerprint density at radius 1 is 1.53 bits per heavy atom. The fraction of sp³-hybridized carbons (Fsp3) is 0.800. The van der Waals surface area contributed by atoms with Crippen LogP contribution in [0.1, 0.15) is 20.3 Å². The zero-order valence-electron chi connectivity index (χ0n) is 9.32. The summed E-state index contributed by atoms with van der Waals surface area (Å²) in [5, 5.41) is 2.75. The summed E-state index contributed by atoms with van der Waals surface area (Å²) < 4.78 is 0. The Morgan fingerprint density at radius 2 is 2.20 bits per heavy atom. The monoisotopic (exact) mass is 213 g/mol. The SMILES string of the molecule is CC(C)C1CNC(=O)CC(=O)N1CCN. The first-order valence-electron chi connectivity index (χ1n) is 5.32. The summed E-state index contributed by atoms with van der Waals surface area (Å²) in [6.45, 7) is 5.57. The maximum atomic E-state index is 11.7. The minimum atomic E-state index is -0.190. The van der Waals surface area contributed by atoms with Gasteiger partial charge in [-0.05, 0) is 5.92 Å². The standard InChI is InChI=1S/C10H19N3O2/c1-7(2)8-6-12-9(14)5-10(15)13(8)4-3-11/h7-8H,3-6,11H2,1-2H3,(H,12,14). The van der Waals surface area contributed by atoms with Crippen LogP contribution in [0.15, 0.2) is 0 Å². The molecular formula is C10H19N3O2. The Balaban J connectivity index is 2.81. The Kier molecular flexibility index (Phi) is 4.08. The molecule has 0 spiro atoms. The Hall–Kier alpha value is -1.10. The van der Waals surface area contributed by atoms with Crippen LogP contribution in [0, 0.1) is 5.92 Å². The maximum absolute atomic E-state index is 11.7. The third-order valence-electron chi connectivity index (χ3n) is 2.68. The number of amides is 2. The van der Waals surface area contributed by atoms with Gasteiger partial charge in [0.2, 0.25) is 11.8 Å². The van der Waals surface area contributed by atoms with Crippen LogP contribution in [-0.4, -0.2) is 42.4 Å². The predicted octanol–water partition coefficient (Wildman–Crippen LogP) is -0.682.